The number of fused-ring (bicyclic) bond motifs is 9. The third-order valence-electron chi connectivity index (χ3n) is 11.2. The summed E-state index contributed by atoms with van der Waals surface area (Å²) in [6.45, 7) is 2.34. The second-order valence-corrected chi connectivity index (χ2v) is 15.2. The van der Waals surface area contributed by atoms with Gasteiger partial charge >= 0.3 is 0 Å². The minimum atomic E-state index is 0.344. The number of thiophene rings is 1. The Morgan fingerprint density at radius 2 is 1.08 bits per heavy atom. The monoisotopic (exact) mass is 694 g/mol. The van der Waals surface area contributed by atoms with Gasteiger partial charge in [0.25, 0.3) is 0 Å². The van der Waals surface area contributed by atoms with Crippen LogP contribution in [0, 0.1) is 0 Å². The number of aromatic nitrogens is 1. The number of rotatable bonds is 5. The van der Waals surface area contributed by atoms with E-state index in [1.807, 2.05) is 11.3 Å². The number of anilines is 3. The molecule has 1 aliphatic rings. The van der Waals surface area contributed by atoms with Gasteiger partial charge in [-0.25, -0.2) is 0 Å². The number of para-hydroxylation sites is 2. The molecule has 0 spiro atoms. The van der Waals surface area contributed by atoms with E-state index < -0.39 is 0 Å². The van der Waals surface area contributed by atoms with Crippen LogP contribution in [0.5, 0.6) is 0 Å². The highest BCUT2D eigenvalue weighted by Crippen LogP contribution is 2.48. The molecule has 1 unspecified atom stereocenters. The highest BCUT2D eigenvalue weighted by molar-refractivity contribution is 7.25. The van der Waals surface area contributed by atoms with Crippen molar-refractivity contribution in [3.63, 3.8) is 0 Å². The Kier molecular flexibility index (Phi) is 6.74. The molecule has 0 radical (unpaired) electrons. The van der Waals surface area contributed by atoms with Crippen molar-refractivity contribution >= 4 is 70.4 Å². The summed E-state index contributed by atoms with van der Waals surface area (Å²) in [5, 5.41) is 5.14. The number of hydrogen-bond acceptors (Lipinski definition) is 2. The Bertz CT molecular complexity index is 3020. The highest BCUT2D eigenvalue weighted by atomic mass is 32.1. The summed E-state index contributed by atoms with van der Waals surface area (Å²) in [6.07, 6.45) is 0. The van der Waals surface area contributed by atoms with Crippen molar-refractivity contribution in [2.24, 2.45) is 0 Å². The van der Waals surface area contributed by atoms with E-state index in [9.17, 15) is 0 Å². The lowest BCUT2D eigenvalue weighted by Gasteiger charge is -2.27. The second-order valence-electron chi connectivity index (χ2n) is 14.2. The smallest absolute Gasteiger partial charge is 0.0541 e. The standard InChI is InChI=1S/C50H34N2S/c1-32-39-13-5-6-14-40(39)41-26-24-37(30-44(32)41)51(38-25-28-50-46(31-38)43-16-8-10-18-49(43)53-50)36-22-19-33(20-23-36)34-21-27-48-45(29-34)42-15-7-9-17-47(42)52(48)35-11-3-2-4-12-35/h2-32H,1H3. The van der Waals surface area contributed by atoms with E-state index in [0.29, 0.717) is 5.92 Å². The lowest BCUT2D eigenvalue weighted by atomic mass is 9.98. The minimum Gasteiger partial charge on any atom is -0.310 e. The zero-order chi connectivity index (χ0) is 35.0. The van der Waals surface area contributed by atoms with Gasteiger partial charge in [-0.15, -0.1) is 11.3 Å². The molecule has 10 aromatic rings. The van der Waals surface area contributed by atoms with Crippen molar-refractivity contribution in [1.29, 1.82) is 0 Å². The molecule has 2 heterocycles. The molecule has 11 rings (SSSR count). The van der Waals surface area contributed by atoms with Crippen molar-refractivity contribution in [2.45, 2.75) is 12.8 Å². The second kappa shape index (κ2) is 11.8. The first-order chi connectivity index (χ1) is 26.2. The minimum absolute atomic E-state index is 0.344. The summed E-state index contributed by atoms with van der Waals surface area (Å²) >= 11 is 1.86. The molecule has 0 saturated heterocycles. The van der Waals surface area contributed by atoms with Crippen LogP contribution >= 0.6 is 11.3 Å². The molecule has 250 valence electrons. The maximum atomic E-state index is 2.43. The molecule has 3 heteroatoms. The predicted octanol–water partition coefficient (Wildman–Crippen LogP) is 14.4. The van der Waals surface area contributed by atoms with Gasteiger partial charge in [-0.3, -0.25) is 0 Å². The largest absolute Gasteiger partial charge is 0.310 e. The van der Waals surface area contributed by atoms with Crippen molar-refractivity contribution < 1.29 is 0 Å². The summed E-state index contributed by atoms with van der Waals surface area (Å²) in [5.74, 6) is 0.344. The van der Waals surface area contributed by atoms with Crippen LogP contribution in [0.2, 0.25) is 0 Å². The zero-order valence-corrected chi connectivity index (χ0v) is 30.0. The van der Waals surface area contributed by atoms with Crippen LogP contribution in [0.25, 0.3) is 69.9 Å². The topological polar surface area (TPSA) is 8.17 Å². The Hall–Kier alpha value is -6.42. The molecule has 0 N–H and O–H groups in total. The SMILES string of the molecule is CC1c2ccccc2-c2ccc(N(c3ccc(-c4ccc5c(c4)c4ccccc4n5-c4ccccc4)cc3)c3ccc4sc5ccccc5c4c3)cc21. The molecule has 2 nitrogen and oxygen atoms in total. The average molecular weight is 695 g/mol. The maximum absolute atomic E-state index is 2.43. The zero-order valence-electron chi connectivity index (χ0n) is 29.2. The first kappa shape index (κ1) is 30.2. The molecule has 0 fully saturated rings. The van der Waals surface area contributed by atoms with E-state index in [-0.39, 0.29) is 0 Å². The van der Waals surface area contributed by atoms with E-state index in [1.54, 1.807) is 0 Å². The van der Waals surface area contributed by atoms with Gasteiger partial charge in [0.05, 0.1) is 11.0 Å². The Morgan fingerprint density at radius 3 is 1.96 bits per heavy atom. The van der Waals surface area contributed by atoms with Crippen molar-refractivity contribution in [3.05, 3.63) is 193 Å². The molecule has 1 aliphatic carbocycles. The van der Waals surface area contributed by atoms with Gasteiger partial charge in [-0.2, -0.15) is 0 Å². The molecule has 0 saturated carbocycles. The molecular formula is C50H34N2S. The summed E-state index contributed by atoms with van der Waals surface area (Å²) in [6, 6.07) is 67.1. The molecule has 1 atom stereocenters. The maximum Gasteiger partial charge on any atom is 0.0541 e. The highest BCUT2D eigenvalue weighted by Gasteiger charge is 2.26. The number of benzene rings is 8. The van der Waals surface area contributed by atoms with Crippen molar-refractivity contribution in [1.82, 2.24) is 4.57 Å². The molecule has 53 heavy (non-hydrogen) atoms. The fourth-order valence-corrected chi connectivity index (χ4v) is 9.78. The predicted molar refractivity (Wildman–Crippen MR) is 227 cm³/mol. The molecule has 0 bridgehead atoms. The molecule has 0 aliphatic heterocycles. The fraction of sp³-hybridized carbons (Fsp3) is 0.0400. The molecule has 8 aromatic carbocycles. The molecule has 0 amide bonds. The van der Waals surface area contributed by atoms with Crippen LogP contribution in [0.15, 0.2) is 182 Å². The molecule has 2 aromatic heterocycles. The fourth-order valence-electron chi connectivity index (χ4n) is 8.69. The molecular weight excluding hydrogens is 661 g/mol. The first-order valence-electron chi connectivity index (χ1n) is 18.3. The Balaban J connectivity index is 1.04. The van der Waals surface area contributed by atoms with Crippen LogP contribution in [0.4, 0.5) is 17.1 Å². The van der Waals surface area contributed by atoms with Crippen LogP contribution in [-0.2, 0) is 0 Å². The third kappa shape index (κ3) is 4.71. The first-order valence-corrected chi connectivity index (χ1v) is 19.1. The van der Waals surface area contributed by atoms with Crippen molar-refractivity contribution in [3.8, 4) is 27.9 Å². The quantitative estimate of drug-likeness (QED) is 0.174. The lowest BCUT2D eigenvalue weighted by Crippen LogP contribution is -2.10. The van der Waals surface area contributed by atoms with E-state index in [1.165, 1.54) is 86.7 Å². The van der Waals surface area contributed by atoms with Crippen LogP contribution in [-0.4, -0.2) is 4.57 Å². The van der Waals surface area contributed by atoms with Gasteiger partial charge in [0.2, 0.25) is 0 Å². The van der Waals surface area contributed by atoms with Gasteiger partial charge in [0.15, 0.2) is 0 Å². The summed E-state index contributed by atoms with van der Waals surface area (Å²) in [4.78, 5) is 2.43. The van der Waals surface area contributed by atoms with Gasteiger partial charge in [0, 0.05) is 59.6 Å². The van der Waals surface area contributed by atoms with Crippen LogP contribution in [0.3, 0.4) is 0 Å². The van der Waals surface area contributed by atoms with E-state index in [2.05, 4.69) is 198 Å². The van der Waals surface area contributed by atoms with Gasteiger partial charge in [0.1, 0.15) is 0 Å². The lowest BCUT2D eigenvalue weighted by molar-refractivity contribution is 0.956. The summed E-state index contributed by atoms with van der Waals surface area (Å²) in [7, 11) is 0. The Labute approximate surface area is 312 Å². The number of nitrogens with zero attached hydrogens (tertiary/aromatic N) is 2. The normalized spacial score (nSPS) is 13.6. The van der Waals surface area contributed by atoms with Crippen molar-refractivity contribution in [2.75, 3.05) is 4.90 Å². The summed E-state index contributed by atoms with van der Waals surface area (Å²) in [5.41, 5.74) is 15.0. The van der Waals surface area contributed by atoms with E-state index in [4.69, 9.17) is 0 Å². The average Bonchev–Trinajstić information content (AvgIpc) is 3.85. The van der Waals surface area contributed by atoms with Gasteiger partial charge in [-0.05, 0) is 112 Å². The van der Waals surface area contributed by atoms with Gasteiger partial charge < -0.3 is 9.47 Å². The summed E-state index contributed by atoms with van der Waals surface area (Å²) < 4.78 is 5.01. The van der Waals surface area contributed by atoms with Crippen LogP contribution < -0.4 is 4.90 Å². The third-order valence-corrected chi connectivity index (χ3v) is 12.4. The van der Waals surface area contributed by atoms with Gasteiger partial charge in [-0.1, -0.05) is 110 Å². The van der Waals surface area contributed by atoms with E-state index >= 15 is 0 Å². The van der Waals surface area contributed by atoms with Crippen LogP contribution in [0.1, 0.15) is 24.0 Å². The number of hydrogen-bond donors (Lipinski definition) is 0. The van der Waals surface area contributed by atoms with E-state index in [0.717, 1.165) is 11.4 Å². The Morgan fingerprint density at radius 1 is 0.434 bits per heavy atom.